The number of nitrogens with one attached hydrogen (secondary N) is 1. The maximum Gasteiger partial charge on any atom is 0.0471 e. The molecule has 10 aromatic rings. The Balaban J connectivity index is 1.08. The average molecular weight is 771 g/mol. The zero-order valence-corrected chi connectivity index (χ0v) is 33.0. The van der Waals surface area contributed by atoms with Crippen LogP contribution in [0.3, 0.4) is 0 Å². The van der Waals surface area contributed by atoms with Crippen molar-refractivity contribution in [2.75, 3.05) is 20.9 Å². The molecule has 0 aromatic heterocycles. The molecule has 0 saturated carbocycles. The van der Waals surface area contributed by atoms with Crippen LogP contribution in [-0.2, 0) is 0 Å². The molecule has 0 amide bonds. The number of rotatable bonds is 10. The second kappa shape index (κ2) is 16.0. The fourth-order valence-electron chi connectivity index (χ4n) is 8.25. The van der Waals surface area contributed by atoms with E-state index in [-0.39, 0.29) is 0 Å². The molecule has 10 rings (SSSR count). The number of nitrogens with two attached hydrogens (primary N) is 1. The van der Waals surface area contributed by atoms with E-state index in [2.05, 4.69) is 227 Å². The molecule has 0 unspecified atom stereocenters. The van der Waals surface area contributed by atoms with Gasteiger partial charge in [-0.25, -0.2) is 0 Å². The van der Waals surface area contributed by atoms with Crippen molar-refractivity contribution >= 4 is 72.7 Å². The van der Waals surface area contributed by atoms with Crippen molar-refractivity contribution in [2.24, 2.45) is 0 Å². The summed E-state index contributed by atoms with van der Waals surface area (Å²) in [7, 11) is 0. The number of benzene rings is 10. The lowest BCUT2D eigenvalue weighted by Gasteiger charge is -2.27. The van der Waals surface area contributed by atoms with E-state index < -0.39 is 0 Å². The minimum atomic E-state index is 0.706. The van der Waals surface area contributed by atoms with Gasteiger partial charge in [0.2, 0.25) is 0 Å². The second-order valence-corrected chi connectivity index (χ2v) is 14.9. The molecule has 0 fully saturated rings. The topological polar surface area (TPSA) is 44.5 Å². The normalized spacial score (nSPS) is 11.1. The molecule has 0 saturated heterocycles. The number of nitrogen functional groups attached to an aromatic ring is 1. The van der Waals surface area contributed by atoms with Crippen LogP contribution in [0.2, 0.25) is 0 Å². The fourth-order valence-corrected chi connectivity index (χ4v) is 8.25. The molecule has 3 N–H and O–H groups in total. The molecular formula is C56H42N4. The van der Waals surface area contributed by atoms with Gasteiger partial charge in [0.1, 0.15) is 0 Å². The minimum absolute atomic E-state index is 0.706. The molecule has 4 nitrogen and oxygen atoms in total. The Labute approximate surface area is 351 Å². The summed E-state index contributed by atoms with van der Waals surface area (Å²) in [5.41, 5.74) is 20.3. The predicted octanol–water partition coefficient (Wildman–Crippen LogP) is 15.6. The summed E-state index contributed by atoms with van der Waals surface area (Å²) >= 11 is 0. The number of nitrogens with zero attached hydrogens (tertiary/aromatic N) is 2. The minimum Gasteiger partial charge on any atom is -0.398 e. The summed E-state index contributed by atoms with van der Waals surface area (Å²) in [5.74, 6) is 0. The SMILES string of the molecule is Nc1ccc(Nc2ccccc2)c(-c2ccc(N(c3ccccc3)c3ccc4ccccc4c3)cc2)c1-c1ccc(N(c2ccccc2)c2ccc3ccccc3c2)cc1. The van der Waals surface area contributed by atoms with Crippen LogP contribution in [0.25, 0.3) is 43.8 Å². The first-order valence-electron chi connectivity index (χ1n) is 20.3. The third kappa shape index (κ3) is 7.19. The second-order valence-electron chi connectivity index (χ2n) is 14.9. The number of para-hydroxylation sites is 3. The Bertz CT molecular complexity index is 3060. The van der Waals surface area contributed by atoms with Crippen molar-refractivity contribution < 1.29 is 0 Å². The van der Waals surface area contributed by atoms with Gasteiger partial charge in [-0.2, -0.15) is 0 Å². The quantitative estimate of drug-likeness (QED) is 0.136. The van der Waals surface area contributed by atoms with Crippen molar-refractivity contribution in [1.29, 1.82) is 0 Å². The smallest absolute Gasteiger partial charge is 0.0471 e. The van der Waals surface area contributed by atoms with Gasteiger partial charge in [0, 0.05) is 62.3 Å². The Morgan fingerprint density at radius 3 is 1.17 bits per heavy atom. The highest BCUT2D eigenvalue weighted by Gasteiger charge is 2.20. The lowest BCUT2D eigenvalue weighted by Crippen LogP contribution is -2.10. The van der Waals surface area contributed by atoms with E-state index >= 15 is 0 Å². The molecule has 0 bridgehead atoms. The zero-order valence-electron chi connectivity index (χ0n) is 33.0. The lowest BCUT2D eigenvalue weighted by molar-refractivity contribution is 1.29. The summed E-state index contributed by atoms with van der Waals surface area (Å²) in [5, 5.41) is 8.55. The number of hydrogen-bond donors (Lipinski definition) is 2. The molecule has 60 heavy (non-hydrogen) atoms. The van der Waals surface area contributed by atoms with Gasteiger partial charge >= 0.3 is 0 Å². The molecule has 10 aromatic carbocycles. The summed E-state index contributed by atoms with van der Waals surface area (Å²) in [6.45, 7) is 0. The standard InChI is InChI=1S/C56H42N4/c57-53-36-37-54(58-46-18-4-1-5-19-46)56(43-28-32-50(33-29-43)60(48-22-8-3-9-23-48)52-35-25-41-15-11-13-17-45(41)39-52)55(53)42-26-30-49(31-27-42)59(47-20-6-2-7-21-47)51-34-24-40-14-10-12-16-44(40)38-51/h1-39,58H,57H2. The van der Waals surface area contributed by atoms with Gasteiger partial charge in [-0.3, -0.25) is 0 Å². The molecule has 0 spiro atoms. The highest BCUT2D eigenvalue weighted by atomic mass is 15.1. The van der Waals surface area contributed by atoms with E-state index in [1.165, 1.54) is 21.5 Å². The van der Waals surface area contributed by atoms with Crippen molar-refractivity contribution in [3.8, 4) is 22.3 Å². The average Bonchev–Trinajstić information content (AvgIpc) is 3.31. The number of anilines is 9. The van der Waals surface area contributed by atoms with Crippen molar-refractivity contribution in [3.63, 3.8) is 0 Å². The van der Waals surface area contributed by atoms with Crippen molar-refractivity contribution in [3.05, 3.63) is 237 Å². The summed E-state index contributed by atoms with van der Waals surface area (Å²) in [6.07, 6.45) is 0. The van der Waals surface area contributed by atoms with Gasteiger partial charge in [0.15, 0.2) is 0 Å². The molecule has 286 valence electrons. The van der Waals surface area contributed by atoms with Gasteiger partial charge in [-0.1, -0.05) is 140 Å². The number of hydrogen-bond acceptors (Lipinski definition) is 4. The van der Waals surface area contributed by atoms with E-state index in [0.29, 0.717) is 5.69 Å². The van der Waals surface area contributed by atoms with Gasteiger partial charge in [-0.05, 0) is 130 Å². The molecule has 0 radical (unpaired) electrons. The Kier molecular flexibility index (Phi) is 9.70. The van der Waals surface area contributed by atoms with Crippen LogP contribution in [-0.4, -0.2) is 0 Å². The van der Waals surface area contributed by atoms with E-state index in [1.807, 2.05) is 24.3 Å². The van der Waals surface area contributed by atoms with Crippen LogP contribution in [0, 0.1) is 0 Å². The van der Waals surface area contributed by atoms with E-state index in [0.717, 1.165) is 67.8 Å². The Morgan fingerprint density at radius 2 is 0.683 bits per heavy atom. The first kappa shape index (κ1) is 36.3. The van der Waals surface area contributed by atoms with Crippen molar-refractivity contribution in [1.82, 2.24) is 0 Å². The summed E-state index contributed by atoms with van der Waals surface area (Å²) < 4.78 is 0. The number of fused-ring (bicyclic) bond motifs is 2. The van der Waals surface area contributed by atoms with Crippen LogP contribution in [0.4, 0.5) is 51.2 Å². The molecule has 0 aliphatic carbocycles. The maximum atomic E-state index is 7.01. The first-order valence-corrected chi connectivity index (χ1v) is 20.3. The highest BCUT2D eigenvalue weighted by molar-refractivity contribution is 6.00. The highest BCUT2D eigenvalue weighted by Crippen LogP contribution is 2.45. The van der Waals surface area contributed by atoms with Gasteiger partial charge in [0.25, 0.3) is 0 Å². The third-order valence-electron chi connectivity index (χ3n) is 11.1. The lowest BCUT2D eigenvalue weighted by atomic mass is 9.91. The molecule has 0 aliphatic rings. The van der Waals surface area contributed by atoms with E-state index in [4.69, 9.17) is 5.73 Å². The monoisotopic (exact) mass is 770 g/mol. The Morgan fingerprint density at radius 1 is 0.300 bits per heavy atom. The van der Waals surface area contributed by atoms with Crippen LogP contribution in [0.15, 0.2) is 237 Å². The van der Waals surface area contributed by atoms with E-state index in [9.17, 15) is 0 Å². The van der Waals surface area contributed by atoms with Crippen LogP contribution in [0.5, 0.6) is 0 Å². The molecular weight excluding hydrogens is 729 g/mol. The largest absolute Gasteiger partial charge is 0.398 e. The van der Waals surface area contributed by atoms with Crippen LogP contribution in [0.1, 0.15) is 0 Å². The van der Waals surface area contributed by atoms with Gasteiger partial charge in [0.05, 0.1) is 0 Å². The fraction of sp³-hybridized carbons (Fsp3) is 0. The third-order valence-corrected chi connectivity index (χ3v) is 11.1. The molecule has 0 atom stereocenters. The zero-order chi connectivity index (χ0) is 40.3. The first-order chi connectivity index (χ1) is 29.7. The van der Waals surface area contributed by atoms with Crippen molar-refractivity contribution in [2.45, 2.75) is 0 Å². The summed E-state index contributed by atoms with van der Waals surface area (Å²) in [4.78, 5) is 4.62. The summed E-state index contributed by atoms with van der Waals surface area (Å²) in [6, 6.07) is 83.4. The maximum absolute atomic E-state index is 7.01. The Hall–Kier alpha value is -8.08. The van der Waals surface area contributed by atoms with Crippen LogP contribution < -0.4 is 20.9 Å². The molecule has 0 heterocycles. The van der Waals surface area contributed by atoms with Gasteiger partial charge in [-0.15, -0.1) is 0 Å². The molecule has 4 heteroatoms. The predicted molar refractivity (Wildman–Crippen MR) is 256 cm³/mol. The van der Waals surface area contributed by atoms with Crippen LogP contribution >= 0.6 is 0 Å². The van der Waals surface area contributed by atoms with E-state index in [1.54, 1.807) is 0 Å². The molecule has 0 aliphatic heterocycles. The van der Waals surface area contributed by atoms with Gasteiger partial charge < -0.3 is 20.9 Å².